The summed E-state index contributed by atoms with van der Waals surface area (Å²) in [5, 5.41) is 10.9. The minimum absolute atomic E-state index is 0.0312. The van der Waals surface area contributed by atoms with E-state index in [0.29, 0.717) is 32.1 Å². The number of morpholine rings is 1. The lowest BCUT2D eigenvalue weighted by molar-refractivity contribution is -0.124. The van der Waals surface area contributed by atoms with E-state index >= 15 is 0 Å². The summed E-state index contributed by atoms with van der Waals surface area (Å²) in [6.45, 7) is 10.0. The Morgan fingerprint density at radius 1 is 1.44 bits per heavy atom. The molecule has 0 saturated carbocycles. The predicted octanol–water partition coefficient (Wildman–Crippen LogP) is 0.919. The molecule has 0 radical (unpaired) electrons. The molecule has 25 heavy (non-hydrogen) atoms. The molecule has 9 heteroatoms. The first kappa shape index (κ1) is 17.6. The van der Waals surface area contributed by atoms with Crippen molar-refractivity contribution in [3.8, 4) is 0 Å². The highest BCUT2D eigenvalue weighted by molar-refractivity contribution is 5.93. The van der Waals surface area contributed by atoms with Crippen molar-refractivity contribution in [3.63, 3.8) is 0 Å². The maximum Gasteiger partial charge on any atom is 0.243 e. The van der Waals surface area contributed by atoms with Gasteiger partial charge in [0.25, 0.3) is 0 Å². The van der Waals surface area contributed by atoms with Gasteiger partial charge in [-0.15, -0.1) is 0 Å². The molecule has 2 atom stereocenters. The summed E-state index contributed by atoms with van der Waals surface area (Å²) in [6.07, 6.45) is -0.0312. The fourth-order valence-electron chi connectivity index (χ4n) is 2.95. The molecule has 3 rings (SSSR count). The zero-order valence-electron chi connectivity index (χ0n) is 15.0. The molecule has 0 aliphatic carbocycles. The van der Waals surface area contributed by atoms with Crippen LogP contribution in [0.3, 0.4) is 0 Å². The summed E-state index contributed by atoms with van der Waals surface area (Å²) in [6, 6.07) is 1.40. The van der Waals surface area contributed by atoms with Crippen molar-refractivity contribution in [2.45, 2.75) is 46.4 Å². The highest BCUT2D eigenvalue weighted by Gasteiger charge is 2.29. The van der Waals surface area contributed by atoms with Crippen molar-refractivity contribution in [2.24, 2.45) is 0 Å². The number of carbonyl (C=O) groups excluding carboxylic acids is 1. The number of amides is 1. The van der Waals surface area contributed by atoms with E-state index in [1.54, 1.807) is 6.07 Å². The van der Waals surface area contributed by atoms with Crippen LogP contribution >= 0.6 is 0 Å². The molecule has 1 saturated heterocycles. The van der Waals surface area contributed by atoms with Crippen LogP contribution in [0.5, 0.6) is 0 Å². The number of hydrogen-bond acceptors (Lipinski definition) is 7. The van der Waals surface area contributed by atoms with Gasteiger partial charge in [0.1, 0.15) is 11.6 Å². The number of ether oxygens (including phenoxy) is 1. The Bertz CT molecular complexity index is 740. The lowest BCUT2D eigenvalue weighted by atomic mass is 10.2. The average molecular weight is 348 g/mol. The van der Waals surface area contributed by atoms with E-state index in [9.17, 15) is 4.79 Å². The smallest absolute Gasteiger partial charge is 0.243 e. The van der Waals surface area contributed by atoms with Crippen LogP contribution < -0.4 is 5.32 Å². The van der Waals surface area contributed by atoms with E-state index in [1.807, 2.05) is 32.4 Å². The van der Waals surface area contributed by atoms with E-state index in [1.165, 1.54) is 0 Å². The number of hydrogen-bond donors (Lipinski definition) is 1. The average Bonchev–Trinajstić information content (AvgIpc) is 3.11. The van der Waals surface area contributed by atoms with Gasteiger partial charge in [0.2, 0.25) is 11.8 Å². The quantitative estimate of drug-likeness (QED) is 0.858. The van der Waals surface area contributed by atoms with Crippen LogP contribution in [0.2, 0.25) is 0 Å². The Morgan fingerprint density at radius 3 is 2.88 bits per heavy atom. The van der Waals surface area contributed by atoms with Crippen molar-refractivity contribution in [1.82, 2.24) is 24.8 Å². The highest BCUT2D eigenvalue weighted by atomic mass is 16.5. The van der Waals surface area contributed by atoms with Gasteiger partial charge in [-0.1, -0.05) is 5.16 Å². The number of anilines is 1. The molecule has 0 spiro atoms. The second kappa shape index (κ2) is 7.32. The Labute approximate surface area is 146 Å². The van der Waals surface area contributed by atoms with Gasteiger partial charge in [0, 0.05) is 19.2 Å². The van der Waals surface area contributed by atoms with E-state index in [0.717, 1.165) is 17.3 Å². The van der Waals surface area contributed by atoms with Crippen LogP contribution in [0.25, 0.3) is 0 Å². The van der Waals surface area contributed by atoms with Gasteiger partial charge < -0.3 is 9.26 Å². The number of nitrogens with zero attached hydrogens (tertiary/aromatic N) is 5. The molecular weight excluding hydrogens is 324 g/mol. The maximum absolute atomic E-state index is 12.4. The second-order valence-corrected chi connectivity index (χ2v) is 6.37. The third-order valence-corrected chi connectivity index (χ3v) is 4.31. The lowest BCUT2D eigenvalue weighted by Crippen LogP contribution is -2.51. The van der Waals surface area contributed by atoms with Crippen molar-refractivity contribution >= 4 is 11.8 Å². The number of aryl methyl sites for hydroxylation is 3. The second-order valence-electron chi connectivity index (χ2n) is 6.37. The van der Waals surface area contributed by atoms with E-state index < -0.39 is 0 Å². The zero-order valence-corrected chi connectivity index (χ0v) is 15.0. The fourth-order valence-corrected chi connectivity index (χ4v) is 2.95. The molecule has 0 bridgehead atoms. The molecule has 0 unspecified atom stereocenters. The molecule has 0 aromatic carbocycles. The first-order chi connectivity index (χ1) is 11.9. The molecule has 136 valence electrons. The fraction of sp³-hybridized carbons (Fsp3) is 0.625. The van der Waals surface area contributed by atoms with Gasteiger partial charge in [-0.3, -0.25) is 15.0 Å². The van der Waals surface area contributed by atoms with Gasteiger partial charge >= 0.3 is 0 Å². The first-order valence-electron chi connectivity index (χ1n) is 8.40. The van der Waals surface area contributed by atoms with Crippen LogP contribution in [0.15, 0.2) is 10.6 Å². The molecular formula is C16H24N6O3. The summed E-state index contributed by atoms with van der Waals surface area (Å²) in [4.78, 5) is 18.8. The number of rotatable bonds is 5. The van der Waals surface area contributed by atoms with Gasteiger partial charge in [-0.25, -0.2) is 9.67 Å². The van der Waals surface area contributed by atoms with Gasteiger partial charge in [0.15, 0.2) is 0 Å². The normalized spacial score (nSPS) is 19.8. The van der Waals surface area contributed by atoms with Crippen molar-refractivity contribution in [1.29, 1.82) is 0 Å². The van der Waals surface area contributed by atoms with Gasteiger partial charge in [-0.05, 0) is 27.7 Å². The SMILES string of the molecule is Cc1cc(NC(=O)[C@@H](C)N2CCO[C@H](Cn3nc(C)nc3C)C2)on1. The largest absolute Gasteiger partial charge is 0.374 e. The minimum atomic E-state index is -0.296. The standard InChI is InChI=1S/C16H24N6O3/c1-10-7-15(25-20-10)18-16(23)11(2)21-5-6-24-14(8-21)9-22-13(4)17-12(3)19-22/h7,11,14H,5-6,8-9H2,1-4H3,(H,18,23)/t11-,14+/m1/s1. The maximum atomic E-state index is 12.4. The zero-order chi connectivity index (χ0) is 18.0. The summed E-state index contributed by atoms with van der Waals surface area (Å²) in [5.74, 6) is 1.86. The van der Waals surface area contributed by atoms with Crippen molar-refractivity contribution in [3.05, 3.63) is 23.4 Å². The molecule has 1 aliphatic heterocycles. The van der Waals surface area contributed by atoms with Crippen LogP contribution in [-0.2, 0) is 16.1 Å². The predicted molar refractivity (Wildman–Crippen MR) is 90.1 cm³/mol. The molecule has 9 nitrogen and oxygen atoms in total. The van der Waals surface area contributed by atoms with Gasteiger partial charge in [-0.2, -0.15) is 5.10 Å². The summed E-state index contributed by atoms with van der Waals surface area (Å²) < 4.78 is 12.7. The molecule has 2 aromatic rings. The third-order valence-electron chi connectivity index (χ3n) is 4.31. The lowest BCUT2D eigenvalue weighted by Gasteiger charge is -2.36. The molecule has 1 N–H and O–H groups in total. The summed E-state index contributed by atoms with van der Waals surface area (Å²) in [5.41, 5.74) is 0.730. The highest BCUT2D eigenvalue weighted by Crippen LogP contribution is 2.14. The Kier molecular flexibility index (Phi) is 5.14. The van der Waals surface area contributed by atoms with Crippen LogP contribution in [0.1, 0.15) is 24.3 Å². The number of carbonyl (C=O) groups is 1. The molecule has 3 heterocycles. The van der Waals surface area contributed by atoms with Gasteiger partial charge in [0.05, 0.1) is 31.0 Å². The molecule has 1 fully saturated rings. The molecule has 1 amide bonds. The molecule has 1 aliphatic rings. The summed E-state index contributed by atoms with van der Waals surface area (Å²) in [7, 11) is 0. The Hall–Kier alpha value is -2.26. The topological polar surface area (TPSA) is 98.3 Å². The van der Waals surface area contributed by atoms with Crippen LogP contribution in [0.4, 0.5) is 5.88 Å². The van der Waals surface area contributed by atoms with Crippen molar-refractivity contribution in [2.75, 3.05) is 25.0 Å². The van der Waals surface area contributed by atoms with E-state index in [2.05, 4.69) is 25.5 Å². The van der Waals surface area contributed by atoms with E-state index in [-0.39, 0.29) is 18.1 Å². The first-order valence-corrected chi connectivity index (χ1v) is 8.40. The Balaban J connectivity index is 1.58. The number of nitrogens with one attached hydrogen (secondary N) is 1. The van der Waals surface area contributed by atoms with Crippen LogP contribution in [0, 0.1) is 20.8 Å². The molecule has 2 aromatic heterocycles. The minimum Gasteiger partial charge on any atom is -0.374 e. The summed E-state index contributed by atoms with van der Waals surface area (Å²) >= 11 is 0. The van der Waals surface area contributed by atoms with Crippen LogP contribution in [-0.4, -0.2) is 62.6 Å². The third kappa shape index (κ3) is 4.23. The van der Waals surface area contributed by atoms with Crippen molar-refractivity contribution < 1.29 is 14.1 Å². The number of aromatic nitrogens is 4. The Morgan fingerprint density at radius 2 is 2.24 bits per heavy atom. The monoisotopic (exact) mass is 348 g/mol. The van der Waals surface area contributed by atoms with E-state index in [4.69, 9.17) is 9.26 Å².